The van der Waals surface area contributed by atoms with Crippen LogP contribution in [0.5, 0.6) is 5.75 Å². The highest BCUT2D eigenvalue weighted by atomic mass is 19.4. The van der Waals surface area contributed by atoms with Gasteiger partial charge in [-0.05, 0) is 51.8 Å². The molecule has 0 unspecified atom stereocenters. The van der Waals surface area contributed by atoms with Crippen molar-refractivity contribution in [2.45, 2.75) is 51.6 Å². The molecule has 2 aliphatic rings. The summed E-state index contributed by atoms with van der Waals surface area (Å²) in [6.45, 7) is 5.17. The molecule has 4 amide bonds. The summed E-state index contributed by atoms with van der Waals surface area (Å²) in [6.07, 6.45) is 0.128. The fourth-order valence-corrected chi connectivity index (χ4v) is 3.93. The molecule has 1 saturated carbocycles. The summed E-state index contributed by atoms with van der Waals surface area (Å²) in [5.74, 6) is -0.973. The highest BCUT2D eigenvalue weighted by Crippen LogP contribution is 2.36. The average Bonchev–Trinajstić information content (AvgIpc) is 3.47. The van der Waals surface area contributed by atoms with E-state index in [1.807, 2.05) is 0 Å². The summed E-state index contributed by atoms with van der Waals surface area (Å²) < 4.78 is 49.8. The normalized spacial score (nSPS) is 16.8. The molecule has 3 aromatic rings. The molecule has 11 nitrogen and oxygen atoms in total. The van der Waals surface area contributed by atoms with Crippen molar-refractivity contribution in [3.05, 3.63) is 48.1 Å². The molecule has 2 N–H and O–H groups in total. The van der Waals surface area contributed by atoms with Gasteiger partial charge in [-0.2, -0.15) is 0 Å². The Morgan fingerprint density at radius 1 is 1.18 bits per heavy atom. The number of nitrogens with zero attached hydrogens (tertiary/aromatic N) is 4. The highest BCUT2D eigenvalue weighted by Gasteiger charge is 2.39. The minimum absolute atomic E-state index is 0.0338. The zero-order valence-corrected chi connectivity index (χ0v) is 21.0. The summed E-state index contributed by atoms with van der Waals surface area (Å²) in [6, 6.07) is 4.33. The molecule has 2 fully saturated rings. The number of hydrogen-bond acceptors (Lipinski definition) is 7. The minimum Gasteiger partial charge on any atom is -0.443 e. The fraction of sp³-hybridized carbons (Fsp3) is 0.320. The largest absolute Gasteiger partial charge is 0.573 e. The Balaban J connectivity index is 1.68. The molecule has 0 bridgehead atoms. The van der Waals surface area contributed by atoms with E-state index in [-0.39, 0.29) is 34.5 Å². The van der Waals surface area contributed by atoms with Gasteiger partial charge in [0.2, 0.25) is 0 Å². The van der Waals surface area contributed by atoms with Crippen LogP contribution in [0.3, 0.4) is 0 Å². The van der Waals surface area contributed by atoms with Crippen molar-refractivity contribution in [3.63, 3.8) is 0 Å². The van der Waals surface area contributed by atoms with Crippen molar-refractivity contribution in [2.24, 2.45) is 0 Å². The zero-order chi connectivity index (χ0) is 28.1. The summed E-state index contributed by atoms with van der Waals surface area (Å²) in [5, 5.41) is 4.49. The molecule has 14 heteroatoms. The van der Waals surface area contributed by atoms with E-state index in [1.165, 1.54) is 46.0 Å². The molecule has 0 atom stereocenters. The van der Waals surface area contributed by atoms with Gasteiger partial charge in [-0.15, -0.1) is 13.2 Å². The molecule has 5 rings (SSSR count). The van der Waals surface area contributed by atoms with E-state index >= 15 is 0 Å². The van der Waals surface area contributed by atoms with E-state index in [2.05, 4.69) is 25.3 Å². The number of alkyl halides is 3. The number of imide groups is 1. The van der Waals surface area contributed by atoms with Crippen LogP contribution in [0.1, 0.15) is 39.3 Å². The number of hydrogen-bond donors (Lipinski definition) is 2. The van der Waals surface area contributed by atoms with E-state index in [0.29, 0.717) is 18.5 Å². The smallest absolute Gasteiger partial charge is 0.443 e. The van der Waals surface area contributed by atoms with Crippen LogP contribution in [0.15, 0.2) is 42.4 Å². The second-order valence-corrected chi connectivity index (χ2v) is 9.95. The first-order valence-corrected chi connectivity index (χ1v) is 11.9. The van der Waals surface area contributed by atoms with Crippen LogP contribution in [0.25, 0.3) is 23.0 Å². The quantitative estimate of drug-likeness (QED) is 0.361. The van der Waals surface area contributed by atoms with E-state index in [4.69, 9.17) is 4.74 Å². The van der Waals surface area contributed by atoms with Crippen LogP contribution in [-0.2, 0) is 9.53 Å². The van der Waals surface area contributed by atoms with E-state index in [0.717, 1.165) is 6.07 Å². The highest BCUT2D eigenvalue weighted by molar-refractivity contribution is 6.14. The van der Waals surface area contributed by atoms with Gasteiger partial charge in [0.05, 0.1) is 17.6 Å². The van der Waals surface area contributed by atoms with E-state index in [9.17, 15) is 27.6 Å². The molecular formula is C25H23F3N6O5. The molecule has 39 heavy (non-hydrogen) atoms. The minimum atomic E-state index is -4.89. The lowest BCUT2D eigenvalue weighted by molar-refractivity contribution is -0.274. The van der Waals surface area contributed by atoms with Gasteiger partial charge in [-0.1, -0.05) is 12.1 Å². The zero-order valence-electron chi connectivity index (χ0n) is 21.0. The number of urea groups is 1. The van der Waals surface area contributed by atoms with Gasteiger partial charge in [0.25, 0.3) is 5.91 Å². The number of rotatable bonds is 5. The first-order chi connectivity index (χ1) is 18.3. The van der Waals surface area contributed by atoms with Gasteiger partial charge in [0, 0.05) is 17.8 Å². The van der Waals surface area contributed by atoms with Crippen molar-refractivity contribution in [1.29, 1.82) is 0 Å². The number of imidazole rings is 1. The van der Waals surface area contributed by atoms with Gasteiger partial charge in [-0.3, -0.25) is 19.4 Å². The molecule has 204 valence electrons. The van der Waals surface area contributed by atoms with Crippen molar-refractivity contribution >= 4 is 35.6 Å². The van der Waals surface area contributed by atoms with E-state index in [1.54, 1.807) is 20.8 Å². The maximum Gasteiger partial charge on any atom is 0.573 e. The lowest BCUT2D eigenvalue weighted by atomic mass is 10.1. The number of fused-ring (bicyclic) bond motifs is 1. The number of benzene rings is 1. The number of ether oxygens (including phenoxy) is 2. The molecule has 1 saturated heterocycles. The van der Waals surface area contributed by atoms with Gasteiger partial charge in [0.1, 0.15) is 17.0 Å². The predicted octanol–water partition coefficient (Wildman–Crippen LogP) is 4.38. The number of nitrogens with one attached hydrogen (secondary N) is 2. The molecule has 0 radical (unpaired) electrons. The van der Waals surface area contributed by atoms with Crippen molar-refractivity contribution in [1.82, 2.24) is 25.0 Å². The number of aromatic nitrogens is 3. The Morgan fingerprint density at radius 3 is 2.54 bits per heavy atom. The van der Waals surface area contributed by atoms with Gasteiger partial charge < -0.3 is 14.8 Å². The van der Waals surface area contributed by atoms with E-state index < -0.39 is 35.7 Å². The first-order valence-electron chi connectivity index (χ1n) is 11.9. The second-order valence-electron chi connectivity index (χ2n) is 9.95. The van der Waals surface area contributed by atoms with Crippen LogP contribution in [-0.4, -0.2) is 50.4 Å². The Morgan fingerprint density at radius 2 is 1.92 bits per heavy atom. The standard InChI is InChI=1S/C25H23F3N6O5/c1-24(2,3)39-23(37)34(14-7-8-14)20-19-29-11-15(10-17-21(35)32-22(36)31-17)33(19)12-18(30-20)13-5-4-6-16(9-13)38-25(26,27)28/h4-6,9-12,14H,7-8H2,1-3H3,(H2,31,32,35,36)/b17-10+. The molecule has 2 aromatic heterocycles. The average molecular weight is 544 g/mol. The first kappa shape index (κ1) is 26.0. The summed E-state index contributed by atoms with van der Waals surface area (Å²) in [7, 11) is 0. The molecule has 1 aliphatic heterocycles. The number of carbonyl (C=O) groups is 3. The van der Waals surface area contributed by atoms with Crippen LogP contribution >= 0.6 is 0 Å². The Hall–Kier alpha value is -4.62. The molecular weight excluding hydrogens is 521 g/mol. The van der Waals surface area contributed by atoms with Crippen molar-refractivity contribution in [2.75, 3.05) is 4.90 Å². The third-order valence-electron chi connectivity index (χ3n) is 5.61. The summed E-state index contributed by atoms with van der Waals surface area (Å²) in [5.41, 5.74) is 0.186. The van der Waals surface area contributed by atoms with Crippen molar-refractivity contribution < 1.29 is 37.0 Å². The summed E-state index contributed by atoms with van der Waals surface area (Å²) in [4.78, 5) is 47.4. The molecule has 1 aliphatic carbocycles. The number of carbonyl (C=O) groups excluding carboxylic acids is 3. The molecule has 0 spiro atoms. The second kappa shape index (κ2) is 9.29. The van der Waals surface area contributed by atoms with Crippen LogP contribution in [0.2, 0.25) is 0 Å². The van der Waals surface area contributed by atoms with Gasteiger partial charge in [-0.25, -0.2) is 19.6 Å². The lowest BCUT2D eigenvalue weighted by Crippen LogP contribution is -2.39. The number of amides is 4. The topological polar surface area (TPSA) is 127 Å². The third-order valence-corrected chi connectivity index (χ3v) is 5.61. The maximum atomic E-state index is 13.3. The molecule has 1 aromatic carbocycles. The van der Waals surface area contributed by atoms with Gasteiger partial charge >= 0.3 is 18.5 Å². The van der Waals surface area contributed by atoms with Crippen LogP contribution in [0.4, 0.5) is 28.6 Å². The fourth-order valence-electron chi connectivity index (χ4n) is 3.93. The monoisotopic (exact) mass is 544 g/mol. The number of anilines is 1. The Labute approximate surface area is 219 Å². The lowest BCUT2D eigenvalue weighted by Gasteiger charge is -2.27. The van der Waals surface area contributed by atoms with Gasteiger partial charge in [0.15, 0.2) is 11.5 Å². The van der Waals surface area contributed by atoms with Crippen molar-refractivity contribution in [3.8, 4) is 17.0 Å². The number of halogens is 3. The Kier molecular flexibility index (Phi) is 6.19. The molecule has 3 heterocycles. The Bertz CT molecular complexity index is 1520. The van der Waals surface area contributed by atoms with Crippen LogP contribution < -0.4 is 20.3 Å². The summed E-state index contributed by atoms with van der Waals surface area (Å²) >= 11 is 0. The third kappa shape index (κ3) is 5.78. The predicted molar refractivity (Wildman–Crippen MR) is 131 cm³/mol. The SMILES string of the molecule is CC(C)(C)OC(=O)N(c1nc(-c2cccc(OC(F)(F)F)c2)cn2c(/C=C3/NC(=O)NC3=O)cnc12)C1CC1. The maximum absolute atomic E-state index is 13.3. The van der Waals surface area contributed by atoms with Crippen LogP contribution in [0, 0.1) is 0 Å².